The molecule has 0 saturated carbocycles. The van der Waals surface area contributed by atoms with Crippen LogP contribution in [-0.4, -0.2) is 39.9 Å². The predicted molar refractivity (Wildman–Crippen MR) is 47.1 cm³/mol. The number of aliphatic imine (C=N–C) groups is 1. The summed E-state index contributed by atoms with van der Waals surface area (Å²) in [7, 11) is 0. The first-order valence-electron chi connectivity index (χ1n) is 4.31. The first kappa shape index (κ1) is 9.14. The molecule has 2 amide bonds. The molecule has 0 radical (unpaired) electrons. The molecule has 1 saturated heterocycles. The molecule has 0 aromatic heterocycles. The van der Waals surface area contributed by atoms with E-state index in [2.05, 4.69) is 10.4 Å². The van der Waals surface area contributed by atoms with Crippen molar-refractivity contribution in [3.8, 4) is 0 Å². The maximum atomic E-state index is 11.6. The van der Waals surface area contributed by atoms with Crippen molar-refractivity contribution in [3.05, 3.63) is 0 Å². The highest BCUT2D eigenvalue weighted by Gasteiger charge is 2.53. The number of hydrogen-bond acceptors (Lipinski definition) is 5. The summed E-state index contributed by atoms with van der Waals surface area (Å²) in [5.41, 5.74) is 1.40. The zero-order chi connectivity index (χ0) is 10.5. The van der Waals surface area contributed by atoms with Gasteiger partial charge in [-0.1, -0.05) is 0 Å². The van der Waals surface area contributed by atoms with Crippen LogP contribution in [0.5, 0.6) is 0 Å². The van der Waals surface area contributed by atoms with Crippen LogP contribution in [0.3, 0.4) is 0 Å². The molecule has 2 N–H and O–H groups in total. The third-order valence-corrected chi connectivity index (χ3v) is 2.47. The minimum atomic E-state index is -1.18. The third kappa shape index (κ3) is 1.04. The summed E-state index contributed by atoms with van der Waals surface area (Å²) in [4.78, 5) is 26.6. The Bertz CT molecular complexity index is 348. The lowest BCUT2D eigenvalue weighted by Crippen LogP contribution is -2.43. The Hall–Kier alpha value is -1.43. The lowest BCUT2D eigenvalue weighted by molar-refractivity contribution is -0.147. The zero-order valence-corrected chi connectivity index (χ0v) is 7.94. The van der Waals surface area contributed by atoms with E-state index in [-0.39, 0.29) is 6.54 Å². The van der Waals surface area contributed by atoms with E-state index in [0.717, 1.165) is 5.01 Å². The van der Waals surface area contributed by atoms with Gasteiger partial charge >= 0.3 is 0 Å². The summed E-state index contributed by atoms with van der Waals surface area (Å²) in [6.45, 7) is 3.01. The van der Waals surface area contributed by atoms with Crippen molar-refractivity contribution < 1.29 is 14.7 Å². The first-order valence-corrected chi connectivity index (χ1v) is 4.31. The summed E-state index contributed by atoms with van der Waals surface area (Å²) in [5.74, 6) is -1.16. The van der Waals surface area contributed by atoms with Gasteiger partial charge in [-0.05, 0) is 6.92 Å². The number of aliphatic hydroxyl groups is 1. The molecular weight excluding hydrogens is 186 g/mol. The summed E-state index contributed by atoms with van der Waals surface area (Å²) in [5, 5.41) is 10.7. The molecular formula is C8H11N3O3. The summed E-state index contributed by atoms with van der Waals surface area (Å²) >= 11 is 0. The van der Waals surface area contributed by atoms with E-state index in [4.69, 9.17) is 0 Å². The highest BCUT2D eigenvalue weighted by Crippen LogP contribution is 2.30. The number of nitrogens with one attached hydrogen (secondary N) is 1. The van der Waals surface area contributed by atoms with E-state index >= 15 is 0 Å². The van der Waals surface area contributed by atoms with Crippen LogP contribution in [0, 0.1) is 5.92 Å². The number of fused-ring (bicyclic) bond motifs is 1. The van der Waals surface area contributed by atoms with Gasteiger partial charge in [-0.3, -0.25) is 20.0 Å². The van der Waals surface area contributed by atoms with Crippen LogP contribution in [0.4, 0.5) is 0 Å². The second kappa shape index (κ2) is 2.54. The van der Waals surface area contributed by atoms with E-state index in [1.165, 1.54) is 13.8 Å². The first-order chi connectivity index (χ1) is 6.43. The third-order valence-electron chi connectivity index (χ3n) is 2.47. The highest BCUT2D eigenvalue weighted by atomic mass is 16.3. The van der Waals surface area contributed by atoms with Crippen LogP contribution >= 0.6 is 0 Å². The maximum Gasteiger partial charge on any atom is 0.261 e. The fourth-order valence-corrected chi connectivity index (χ4v) is 1.74. The molecule has 14 heavy (non-hydrogen) atoms. The van der Waals surface area contributed by atoms with Gasteiger partial charge in [-0.25, -0.2) is 0 Å². The molecule has 1 fully saturated rings. The quantitative estimate of drug-likeness (QED) is 0.503. The molecule has 76 valence electrons. The topological polar surface area (TPSA) is 82.0 Å². The van der Waals surface area contributed by atoms with Gasteiger partial charge in [0.2, 0.25) is 5.91 Å². The van der Waals surface area contributed by atoms with Crippen LogP contribution in [0.25, 0.3) is 0 Å². The Kier molecular flexibility index (Phi) is 1.66. The second-order valence-electron chi connectivity index (χ2n) is 3.80. The molecule has 6 nitrogen and oxygen atoms in total. The molecule has 2 aliphatic rings. The number of rotatable bonds is 0. The lowest BCUT2D eigenvalue weighted by Gasteiger charge is -2.20. The van der Waals surface area contributed by atoms with Gasteiger partial charge < -0.3 is 5.11 Å². The van der Waals surface area contributed by atoms with Crippen molar-refractivity contribution >= 4 is 17.6 Å². The van der Waals surface area contributed by atoms with Gasteiger partial charge in [-0.15, -0.1) is 0 Å². The van der Waals surface area contributed by atoms with E-state index < -0.39 is 23.3 Å². The molecule has 0 bridgehead atoms. The number of nitrogens with zero attached hydrogens (tertiary/aromatic N) is 2. The van der Waals surface area contributed by atoms with Crippen molar-refractivity contribution in [3.63, 3.8) is 0 Å². The largest absolute Gasteiger partial charge is 0.387 e. The fraction of sp³-hybridized carbons (Fsp3) is 0.625. The van der Waals surface area contributed by atoms with Crippen LogP contribution in [0.2, 0.25) is 0 Å². The monoisotopic (exact) mass is 197 g/mol. The van der Waals surface area contributed by atoms with Crippen LogP contribution in [-0.2, 0) is 9.59 Å². The number of amides is 2. The summed E-state index contributed by atoms with van der Waals surface area (Å²) < 4.78 is 0. The molecule has 0 aromatic carbocycles. The van der Waals surface area contributed by atoms with Crippen LogP contribution in [0.15, 0.2) is 4.99 Å². The lowest BCUT2D eigenvalue weighted by atomic mass is 9.91. The normalized spacial score (nSPS) is 35.4. The van der Waals surface area contributed by atoms with E-state index in [0.29, 0.717) is 5.84 Å². The minimum absolute atomic E-state index is 0.192. The van der Waals surface area contributed by atoms with E-state index in [9.17, 15) is 14.7 Å². The van der Waals surface area contributed by atoms with Crippen LogP contribution in [0.1, 0.15) is 13.8 Å². The number of amidine groups is 1. The zero-order valence-electron chi connectivity index (χ0n) is 7.94. The van der Waals surface area contributed by atoms with Crippen molar-refractivity contribution in [1.82, 2.24) is 10.4 Å². The SMILES string of the molecule is CC(=O)N1NC2=NCC(C)(O)C2C1=O. The van der Waals surface area contributed by atoms with Crippen molar-refractivity contribution in [2.75, 3.05) is 6.54 Å². The molecule has 2 aliphatic heterocycles. The smallest absolute Gasteiger partial charge is 0.261 e. The van der Waals surface area contributed by atoms with Gasteiger partial charge in [0.25, 0.3) is 5.91 Å². The second-order valence-corrected chi connectivity index (χ2v) is 3.80. The number of carbonyl (C=O) groups is 2. The van der Waals surface area contributed by atoms with Gasteiger partial charge in [0.15, 0.2) is 0 Å². The van der Waals surface area contributed by atoms with Crippen LogP contribution < -0.4 is 5.43 Å². The Morgan fingerprint density at radius 3 is 2.93 bits per heavy atom. The van der Waals surface area contributed by atoms with Gasteiger partial charge in [0.05, 0.1) is 6.54 Å². The average Bonchev–Trinajstić information content (AvgIpc) is 2.52. The molecule has 2 rings (SSSR count). The Morgan fingerprint density at radius 1 is 1.79 bits per heavy atom. The standard InChI is InChI=1S/C8H11N3O3/c1-4(12)11-7(13)5-6(10-11)9-3-8(5,2)14/h5,14H,3H2,1-2H3,(H,9,10). The van der Waals surface area contributed by atoms with Crippen molar-refractivity contribution in [2.45, 2.75) is 19.4 Å². The minimum Gasteiger partial charge on any atom is -0.387 e. The Morgan fingerprint density at radius 2 is 2.43 bits per heavy atom. The Balaban J connectivity index is 2.33. The van der Waals surface area contributed by atoms with Crippen molar-refractivity contribution in [1.29, 1.82) is 0 Å². The van der Waals surface area contributed by atoms with Crippen molar-refractivity contribution in [2.24, 2.45) is 10.9 Å². The average molecular weight is 197 g/mol. The van der Waals surface area contributed by atoms with E-state index in [1.54, 1.807) is 0 Å². The number of hydrogen-bond donors (Lipinski definition) is 2. The summed E-state index contributed by atoms with van der Waals surface area (Å²) in [6.07, 6.45) is 0. The molecule has 0 spiro atoms. The van der Waals surface area contributed by atoms with E-state index in [1.807, 2.05) is 0 Å². The molecule has 2 atom stereocenters. The molecule has 0 aromatic rings. The highest BCUT2D eigenvalue weighted by molar-refractivity contribution is 6.15. The van der Waals surface area contributed by atoms with Gasteiger partial charge in [-0.2, -0.15) is 5.01 Å². The molecule has 2 heterocycles. The number of carbonyl (C=O) groups excluding carboxylic acids is 2. The molecule has 0 aliphatic carbocycles. The Labute approximate surface area is 80.6 Å². The van der Waals surface area contributed by atoms with Gasteiger partial charge in [0.1, 0.15) is 17.4 Å². The fourth-order valence-electron chi connectivity index (χ4n) is 1.74. The maximum absolute atomic E-state index is 11.6. The predicted octanol–water partition coefficient (Wildman–Crippen LogP) is -1.34. The summed E-state index contributed by atoms with van der Waals surface area (Å²) in [6, 6.07) is 0. The molecule has 2 unspecified atom stereocenters. The molecule has 6 heteroatoms. The number of imide groups is 1. The number of hydrazine groups is 1. The van der Waals surface area contributed by atoms with Gasteiger partial charge in [0, 0.05) is 6.92 Å².